The number of carbonyl (C=O) groups is 2. The molecule has 1 aliphatic heterocycles. The van der Waals surface area contributed by atoms with Crippen molar-refractivity contribution in [2.45, 2.75) is 53.0 Å². The normalized spacial score (nSPS) is 18.8. The van der Waals surface area contributed by atoms with Crippen LogP contribution in [0.25, 0.3) is 0 Å². The molecule has 1 unspecified atom stereocenters. The SMILES string of the molecule is CCNC(=O)C1CCN(C(=O)CC(N)C(C)(C)C)CC1. The highest BCUT2D eigenvalue weighted by Crippen LogP contribution is 2.22. The minimum absolute atomic E-state index is 0.0512. The Balaban J connectivity index is 2.41. The molecule has 1 saturated heterocycles. The van der Waals surface area contributed by atoms with Gasteiger partial charge in [0.05, 0.1) is 0 Å². The zero-order valence-corrected chi connectivity index (χ0v) is 13.2. The molecule has 20 heavy (non-hydrogen) atoms. The van der Waals surface area contributed by atoms with Crippen LogP contribution in [0.1, 0.15) is 47.0 Å². The Morgan fingerprint density at radius 1 is 1.30 bits per heavy atom. The lowest BCUT2D eigenvalue weighted by Gasteiger charge is -2.34. The molecule has 0 radical (unpaired) electrons. The van der Waals surface area contributed by atoms with Crippen molar-refractivity contribution < 1.29 is 9.59 Å². The van der Waals surface area contributed by atoms with E-state index >= 15 is 0 Å². The second-order valence-electron chi connectivity index (χ2n) is 6.73. The maximum absolute atomic E-state index is 12.2. The van der Waals surface area contributed by atoms with Crippen LogP contribution in [0.5, 0.6) is 0 Å². The number of nitrogens with two attached hydrogens (primary N) is 1. The fourth-order valence-corrected chi connectivity index (χ4v) is 2.33. The average Bonchev–Trinajstić information content (AvgIpc) is 2.38. The smallest absolute Gasteiger partial charge is 0.224 e. The lowest BCUT2D eigenvalue weighted by molar-refractivity contribution is -0.136. The third kappa shape index (κ3) is 4.78. The van der Waals surface area contributed by atoms with Gasteiger partial charge in [-0.1, -0.05) is 20.8 Å². The number of hydrogen-bond donors (Lipinski definition) is 2. The lowest BCUT2D eigenvalue weighted by atomic mass is 9.85. The molecule has 1 fully saturated rings. The minimum atomic E-state index is -0.129. The Morgan fingerprint density at radius 2 is 1.85 bits per heavy atom. The molecule has 1 rings (SSSR count). The van der Waals surface area contributed by atoms with Gasteiger partial charge in [0.25, 0.3) is 0 Å². The van der Waals surface area contributed by atoms with Crippen LogP contribution in [0.3, 0.4) is 0 Å². The van der Waals surface area contributed by atoms with Crippen molar-refractivity contribution >= 4 is 11.8 Å². The van der Waals surface area contributed by atoms with Gasteiger partial charge < -0.3 is 16.0 Å². The molecule has 0 aliphatic carbocycles. The van der Waals surface area contributed by atoms with Gasteiger partial charge in [-0.15, -0.1) is 0 Å². The van der Waals surface area contributed by atoms with E-state index in [1.807, 2.05) is 32.6 Å². The Labute approximate surface area is 122 Å². The topological polar surface area (TPSA) is 75.4 Å². The van der Waals surface area contributed by atoms with Crippen LogP contribution in [0.2, 0.25) is 0 Å². The van der Waals surface area contributed by atoms with Crippen LogP contribution in [-0.4, -0.2) is 42.4 Å². The van der Waals surface area contributed by atoms with Crippen LogP contribution in [0.4, 0.5) is 0 Å². The van der Waals surface area contributed by atoms with Crippen molar-refractivity contribution in [3.8, 4) is 0 Å². The average molecular weight is 283 g/mol. The molecular formula is C15H29N3O2. The van der Waals surface area contributed by atoms with Gasteiger partial charge in [0.1, 0.15) is 0 Å². The second kappa shape index (κ2) is 7.07. The molecule has 0 aromatic carbocycles. The minimum Gasteiger partial charge on any atom is -0.356 e. The van der Waals surface area contributed by atoms with E-state index in [1.165, 1.54) is 0 Å². The molecule has 1 atom stereocenters. The van der Waals surface area contributed by atoms with Crippen molar-refractivity contribution in [2.24, 2.45) is 17.1 Å². The molecule has 0 spiro atoms. The van der Waals surface area contributed by atoms with Crippen LogP contribution in [0, 0.1) is 11.3 Å². The summed E-state index contributed by atoms with van der Waals surface area (Å²) < 4.78 is 0. The number of rotatable bonds is 4. The first-order chi connectivity index (χ1) is 9.25. The predicted octanol–water partition coefficient (Wildman–Crippen LogP) is 1.12. The third-order valence-corrected chi connectivity index (χ3v) is 4.08. The van der Waals surface area contributed by atoms with E-state index in [1.54, 1.807) is 0 Å². The van der Waals surface area contributed by atoms with Crippen molar-refractivity contribution in [3.05, 3.63) is 0 Å². The largest absolute Gasteiger partial charge is 0.356 e. The fraction of sp³-hybridized carbons (Fsp3) is 0.867. The maximum Gasteiger partial charge on any atom is 0.224 e. The van der Waals surface area contributed by atoms with Gasteiger partial charge in [0, 0.05) is 38.0 Å². The second-order valence-corrected chi connectivity index (χ2v) is 6.73. The van der Waals surface area contributed by atoms with Crippen LogP contribution < -0.4 is 11.1 Å². The van der Waals surface area contributed by atoms with Gasteiger partial charge in [-0.25, -0.2) is 0 Å². The number of carbonyl (C=O) groups excluding carboxylic acids is 2. The molecule has 2 amide bonds. The summed E-state index contributed by atoms with van der Waals surface area (Å²) in [6.07, 6.45) is 1.89. The third-order valence-electron chi connectivity index (χ3n) is 4.08. The molecule has 1 aliphatic rings. The first-order valence-electron chi connectivity index (χ1n) is 7.56. The summed E-state index contributed by atoms with van der Waals surface area (Å²) >= 11 is 0. The lowest BCUT2D eigenvalue weighted by Crippen LogP contribution is -2.46. The summed E-state index contributed by atoms with van der Waals surface area (Å²) in [6, 6.07) is -0.129. The van der Waals surface area contributed by atoms with Gasteiger partial charge in [0.2, 0.25) is 11.8 Å². The number of nitrogens with one attached hydrogen (secondary N) is 1. The highest BCUT2D eigenvalue weighted by Gasteiger charge is 2.29. The summed E-state index contributed by atoms with van der Waals surface area (Å²) in [5, 5.41) is 2.85. The molecule has 116 valence electrons. The van der Waals surface area contributed by atoms with Gasteiger partial charge in [0.15, 0.2) is 0 Å². The van der Waals surface area contributed by atoms with Crippen molar-refractivity contribution in [1.29, 1.82) is 0 Å². The standard InChI is InChI=1S/C15H29N3O2/c1-5-17-14(20)11-6-8-18(9-7-11)13(19)10-12(16)15(2,3)4/h11-12H,5-10,16H2,1-4H3,(H,17,20). The molecule has 0 bridgehead atoms. The monoisotopic (exact) mass is 283 g/mol. The summed E-state index contributed by atoms with van der Waals surface area (Å²) in [6.45, 7) is 10.1. The van der Waals surface area contributed by atoms with Crippen LogP contribution in [-0.2, 0) is 9.59 Å². The van der Waals surface area contributed by atoms with Gasteiger partial charge in [-0.2, -0.15) is 0 Å². The summed E-state index contributed by atoms with van der Waals surface area (Å²) in [5.74, 6) is 0.281. The molecule has 0 saturated carbocycles. The number of nitrogens with zero attached hydrogens (tertiary/aromatic N) is 1. The molecule has 0 aromatic rings. The first kappa shape index (κ1) is 17.0. The van der Waals surface area contributed by atoms with Gasteiger partial charge in [-0.3, -0.25) is 9.59 Å². The van der Waals surface area contributed by atoms with E-state index in [0.29, 0.717) is 26.1 Å². The Hall–Kier alpha value is -1.10. The summed E-state index contributed by atoms with van der Waals surface area (Å²) in [7, 11) is 0. The highest BCUT2D eigenvalue weighted by molar-refractivity contribution is 5.80. The van der Waals surface area contributed by atoms with Crippen molar-refractivity contribution in [3.63, 3.8) is 0 Å². The predicted molar refractivity (Wildman–Crippen MR) is 80.0 cm³/mol. The van der Waals surface area contributed by atoms with E-state index in [-0.39, 0.29) is 29.2 Å². The zero-order chi connectivity index (χ0) is 15.3. The van der Waals surface area contributed by atoms with Gasteiger partial charge in [-0.05, 0) is 25.2 Å². The fourth-order valence-electron chi connectivity index (χ4n) is 2.33. The van der Waals surface area contributed by atoms with E-state index in [2.05, 4.69) is 5.32 Å². The van der Waals surface area contributed by atoms with Crippen LogP contribution >= 0.6 is 0 Å². The molecule has 1 heterocycles. The molecule has 3 N–H and O–H groups in total. The van der Waals surface area contributed by atoms with Crippen molar-refractivity contribution in [1.82, 2.24) is 10.2 Å². The molecular weight excluding hydrogens is 254 g/mol. The Morgan fingerprint density at radius 3 is 2.30 bits per heavy atom. The Kier molecular flexibility index (Phi) is 5.99. The molecule has 5 heteroatoms. The van der Waals surface area contributed by atoms with E-state index in [4.69, 9.17) is 5.73 Å². The summed E-state index contributed by atoms with van der Waals surface area (Å²) in [4.78, 5) is 25.8. The molecule has 0 aromatic heterocycles. The number of likely N-dealkylation sites (tertiary alicyclic amines) is 1. The Bertz CT molecular complexity index is 342. The highest BCUT2D eigenvalue weighted by atomic mass is 16.2. The maximum atomic E-state index is 12.2. The zero-order valence-electron chi connectivity index (χ0n) is 13.2. The quantitative estimate of drug-likeness (QED) is 0.812. The first-order valence-corrected chi connectivity index (χ1v) is 7.56. The van der Waals surface area contributed by atoms with E-state index < -0.39 is 0 Å². The molecule has 5 nitrogen and oxygen atoms in total. The van der Waals surface area contributed by atoms with Gasteiger partial charge >= 0.3 is 0 Å². The van der Waals surface area contributed by atoms with E-state index in [0.717, 1.165) is 12.8 Å². The van der Waals surface area contributed by atoms with Crippen LogP contribution in [0.15, 0.2) is 0 Å². The van der Waals surface area contributed by atoms with E-state index in [9.17, 15) is 9.59 Å². The van der Waals surface area contributed by atoms with Crippen molar-refractivity contribution in [2.75, 3.05) is 19.6 Å². The summed E-state index contributed by atoms with van der Waals surface area (Å²) in [5.41, 5.74) is 6.00. The number of hydrogen-bond acceptors (Lipinski definition) is 3. The number of piperidine rings is 1. The number of amides is 2.